The smallest absolute Gasteiger partial charge is 0.340 e. The molecule has 0 radical (unpaired) electrons. The number of nitro benzene ring substituents is 1. The first kappa shape index (κ1) is 17.6. The van der Waals surface area contributed by atoms with Crippen molar-refractivity contribution in [3.8, 4) is 11.5 Å². The van der Waals surface area contributed by atoms with Crippen LogP contribution in [0.4, 0.5) is 5.69 Å². The second kappa shape index (κ2) is 7.32. The summed E-state index contributed by atoms with van der Waals surface area (Å²) in [6.07, 6.45) is -0.859. The van der Waals surface area contributed by atoms with Gasteiger partial charge in [0.2, 0.25) is 5.89 Å². The van der Waals surface area contributed by atoms with Gasteiger partial charge in [-0.25, -0.2) is 4.79 Å². The van der Waals surface area contributed by atoms with Gasteiger partial charge in [-0.2, -0.15) is 0 Å². The Morgan fingerprint density at radius 1 is 1.23 bits per heavy atom. The Balaban J connectivity index is 1.77. The molecule has 0 aliphatic rings. The van der Waals surface area contributed by atoms with E-state index in [1.807, 2.05) is 18.2 Å². The molecule has 0 spiro atoms. The molecule has 0 saturated heterocycles. The van der Waals surface area contributed by atoms with Crippen molar-refractivity contribution in [2.45, 2.75) is 13.0 Å². The van der Waals surface area contributed by atoms with E-state index in [2.05, 4.69) is 10.2 Å². The number of non-ortho nitro benzene ring substituents is 1. The predicted octanol–water partition coefficient (Wildman–Crippen LogP) is 4.22. The number of hydrogen-bond acceptors (Lipinski definition) is 7. The number of carbonyl (C=O) groups excluding carboxylic acids is 1. The lowest BCUT2D eigenvalue weighted by molar-refractivity contribution is -0.384. The molecular weight excluding hydrogens is 362 g/mol. The molecule has 0 N–H and O–H groups in total. The zero-order valence-electron chi connectivity index (χ0n) is 13.5. The third-order valence-corrected chi connectivity index (χ3v) is 3.80. The second-order valence-corrected chi connectivity index (χ2v) is 5.69. The monoisotopic (exact) mass is 373 g/mol. The van der Waals surface area contributed by atoms with Crippen LogP contribution in [0.5, 0.6) is 0 Å². The van der Waals surface area contributed by atoms with E-state index in [-0.39, 0.29) is 28.1 Å². The third kappa shape index (κ3) is 3.70. The highest BCUT2D eigenvalue weighted by Crippen LogP contribution is 2.26. The molecular formula is C17H12ClN3O5. The fourth-order valence-electron chi connectivity index (χ4n) is 2.15. The minimum Gasteiger partial charge on any atom is -0.449 e. The van der Waals surface area contributed by atoms with E-state index in [4.69, 9.17) is 20.8 Å². The van der Waals surface area contributed by atoms with Crippen LogP contribution in [0.15, 0.2) is 52.9 Å². The largest absolute Gasteiger partial charge is 0.449 e. The van der Waals surface area contributed by atoms with Crippen LogP contribution in [0.3, 0.4) is 0 Å². The van der Waals surface area contributed by atoms with Gasteiger partial charge in [0.15, 0.2) is 6.10 Å². The number of halogens is 1. The number of aromatic nitrogens is 2. The van der Waals surface area contributed by atoms with Gasteiger partial charge in [-0.1, -0.05) is 29.8 Å². The van der Waals surface area contributed by atoms with Crippen molar-refractivity contribution in [3.63, 3.8) is 0 Å². The fourth-order valence-corrected chi connectivity index (χ4v) is 2.35. The van der Waals surface area contributed by atoms with E-state index in [9.17, 15) is 14.9 Å². The SMILES string of the molecule is C[C@H](OC(=O)c1cc([N+](=O)[O-])ccc1Cl)c1nnc(-c2ccccc2)o1. The van der Waals surface area contributed by atoms with Gasteiger partial charge in [0, 0.05) is 17.7 Å². The van der Waals surface area contributed by atoms with Crippen molar-refractivity contribution < 1.29 is 18.9 Å². The van der Waals surface area contributed by atoms with Gasteiger partial charge in [0.25, 0.3) is 11.6 Å². The highest BCUT2D eigenvalue weighted by Gasteiger charge is 2.23. The maximum atomic E-state index is 12.3. The molecule has 8 nitrogen and oxygen atoms in total. The van der Waals surface area contributed by atoms with Gasteiger partial charge in [-0.05, 0) is 25.1 Å². The standard InChI is InChI=1S/C17H12ClN3O5/c1-10(15-19-20-16(26-15)11-5-3-2-4-6-11)25-17(22)13-9-12(21(23)24)7-8-14(13)18/h2-10H,1H3/t10-/m0/s1. The molecule has 0 aliphatic carbocycles. The van der Waals surface area contributed by atoms with E-state index in [1.54, 1.807) is 19.1 Å². The predicted molar refractivity (Wildman–Crippen MR) is 91.7 cm³/mol. The third-order valence-electron chi connectivity index (χ3n) is 3.47. The molecule has 2 aromatic carbocycles. The number of rotatable bonds is 5. The Hall–Kier alpha value is -3.26. The van der Waals surface area contributed by atoms with Crippen molar-refractivity contribution in [2.75, 3.05) is 0 Å². The van der Waals surface area contributed by atoms with Crippen LogP contribution in [-0.2, 0) is 4.74 Å². The molecule has 1 aromatic heterocycles. The number of benzene rings is 2. The Morgan fingerprint density at radius 3 is 2.65 bits per heavy atom. The average molecular weight is 374 g/mol. The Kier molecular flexibility index (Phi) is 4.94. The molecule has 3 rings (SSSR count). The first-order valence-electron chi connectivity index (χ1n) is 7.49. The van der Waals surface area contributed by atoms with Gasteiger partial charge >= 0.3 is 5.97 Å². The zero-order valence-corrected chi connectivity index (χ0v) is 14.2. The van der Waals surface area contributed by atoms with Crippen molar-refractivity contribution in [1.29, 1.82) is 0 Å². The normalized spacial score (nSPS) is 11.8. The molecule has 9 heteroatoms. The topological polar surface area (TPSA) is 108 Å². The van der Waals surface area contributed by atoms with E-state index < -0.39 is 17.0 Å². The van der Waals surface area contributed by atoms with Crippen molar-refractivity contribution in [2.24, 2.45) is 0 Å². The number of nitro groups is 1. The van der Waals surface area contributed by atoms with Crippen LogP contribution >= 0.6 is 11.6 Å². The molecule has 26 heavy (non-hydrogen) atoms. The van der Waals surface area contributed by atoms with E-state index in [0.717, 1.165) is 11.6 Å². The van der Waals surface area contributed by atoms with Gasteiger partial charge in [0.1, 0.15) is 0 Å². The van der Waals surface area contributed by atoms with Crippen LogP contribution in [0.25, 0.3) is 11.5 Å². The Labute approximate surface area is 152 Å². The van der Waals surface area contributed by atoms with Crippen molar-refractivity contribution >= 4 is 23.3 Å². The van der Waals surface area contributed by atoms with Crippen LogP contribution < -0.4 is 0 Å². The van der Waals surface area contributed by atoms with Gasteiger partial charge in [-0.15, -0.1) is 10.2 Å². The molecule has 0 fully saturated rings. The summed E-state index contributed by atoms with van der Waals surface area (Å²) in [5, 5.41) is 18.7. The molecule has 0 saturated carbocycles. The highest BCUT2D eigenvalue weighted by atomic mass is 35.5. The minimum absolute atomic E-state index is 0.0447. The summed E-state index contributed by atoms with van der Waals surface area (Å²) in [7, 11) is 0. The number of esters is 1. The number of ether oxygens (including phenoxy) is 1. The second-order valence-electron chi connectivity index (χ2n) is 5.28. The van der Waals surface area contributed by atoms with Crippen LogP contribution in [0, 0.1) is 10.1 Å². The highest BCUT2D eigenvalue weighted by molar-refractivity contribution is 6.33. The summed E-state index contributed by atoms with van der Waals surface area (Å²) in [6, 6.07) is 12.6. The maximum absolute atomic E-state index is 12.3. The van der Waals surface area contributed by atoms with E-state index >= 15 is 0 Å². The minimum atomic E-state index is -0.859. The number of nitrogens with zero attached hydrogens (tertiary/aromatic N) is 3. The molecule has 3 aromatic rings. The molecule has 0 aliphatic heterocycles. The first-order valence-corrected chi connectivity index (χ1v) is 7.87. The first-order chi connectivity index (χ1) is 12.5. The van der Waals surface area contributed by atoms with Gasteiger partial charge in [-0.3, -0.25) is 10.1 Å². The molecule has 0 unspecified atom stereocenters. The summed E-state index contributed by atoms with van der Waals surface area (Å²) >= 11 is 5.93. The van der Waals surface area contributed by atoms with E-state index in [1.165, 1.54) is 12.1 Å². The van der Waals surface area contributed by atoms with Gasteiger partial charge < -0.3 is 9.15 Å². The van der Waals surface area contributed by atoms with Crippen molar-refractivity contribution in [3.05, 3.63) is 75.1 Å². The quantitative estimate of drug-likeness (QED) is 0.374. The summed E-state index contributed by atoms with van der Waals surface area (Å²) < 4.78 is 10.8. The zero-order chi connectivity index (χ0) is 18.7. The van der Waals surface area contributed by atoms with Crippen molar-refractivity contribution in [1.82, 2.24) is 10.2 Å². The van der Waals surface area contributed by atoms with Gasteiger partial charge in [0.05, 0.1) is 15.5 Å². The Morgan fingerprint density at radius 2 is 1.96 bits per heavy atom. The van der Waals surface area contributed by atoms with Crippen LogP contribution in [0.1, 0.15) is 29.3 Å². The maximum Gasteiger partial charge on any atom is 0.340 e. The summed E-state index contributed by atoms with van der Waals surface area (Å²) in [6.45, 7) is 1.55. The lowest BCUT2D eigenvalue weighted by Crippen LogP contribution is -2.10. The Bertz CT molecular complexity index is 958. The summed E-state index contributed by atoms with van der Waals surface area (Å²) in [4.78, 5) is 22.5. The molecule has 132 valence electrons. The fraction of sp³-hybridized carbons (Fsp3) is 0.118. The molecule has 1 atom stereocenters. The number of hydrogen-bond donors (Lipinski definition) is 0. The lowest BCUT2D eigenvalue weighted by atomic mass is 10.2. The molecule has 0 bridgehead atoms. The molecule has 1 heterocycles. The number of carbonyl (C=O) groups is 1. The summed E-state index contributed by atoms with van der Waals surface area (Å²) in [5.74, 6) is -0.443. The average Bonchev–Trinajstić information content (AvgIpc) is 3.13. The summed E-state index contributed by atoms with van der Waals surface area (Å²) in [5.41, 5.74) is 0.347. The molecule has 0 amide bonds. The van der Waals surface area contributed by atoms with Crippen LogP contribution in [0.2, 0.25) is 5.02 Å². The lowest BCUT2D eigenvalue weighted by Gasteiger charge is -2.10. The van der Waals surface area contributed by atoms with E-state index in [0.29, 0.717) is 0 Å². The van der Waals surface area contributed by atoms with Crippen LogP contribution in [-0.4, -0.2) is 21.1 Å².